The van der Waals surface area contributed by atoms with Crippen LogP contribution in [0.2, 0.25) is 0 Å². The highest BCUT2D eigenvalue weighted by Gasteiger charge is 2.55. The molecule has 0 amide bonds. The highest BCUT2D eigenvalue weighted by Crippen LogP contribution is 2.60. The summed E-state index contributed by atoms with van der Waals surface area (Å²) in [5, 5.41) is 2.25. The summed E-state index contributed by atoms with van der Waals surface area (Å²) in [6, 6.07) is 2.34. The lowest BCUT2D eigenvalue weighted by Gasteiger charge is -2.23. The molecule has 1 fully saturated rings. The molecule has 0 saturated heterocycles. The van der Waals surface area contributed by atoms with E-state index in [9.17, 15) is 0 Å². The Kier molecular flexibility index (Phi) is 1.59. The molecule has 2 N–H and O–H groups in total. The van der Waals surface area contributed by atoms with Gasteiger partial charge in [0.05, 0.1) is 0 Å². The van der Waals surface area contributed by atoms with Gasteiger partial charge in [0.25, 0.3) is 0 Å². The van der Waals surface area contributed by atoms with E-state index in [2.05, 4.69) is 11.4 Å². The molecule has 3 rings (SSSR count). The smallest absolute Gasteiger partial charge is 0.00829 e. The Hall–Kier alpha value is -0.340. The molecule has 1 aromatic heterocycles. The minimum atomic E-state index is 0.544. The molecule has 1 heterocycles. The quantitative estimate of drug-likeness (QED) is 0.727. The van der Waals surface area contributed by atoms with Gasteiger partial charge >= 0.3 is 0 Å². The van der Waals surface area contributed by atoms with Gasteiger partial charge in [-0.05, 0) is 55.2 Å². The van der Waals surface area contributed by atoms with Crippen molar-refractivity contribution in [2.75, 3.05) is 6.54 Å². The second kappa shape index (κ2) is 2.58. The number of fused-ring (bicyclic) bond motifs is 2. The number of aryl methyl sites for hydroxylation is 1. The van der Waals surface area contributed by atoms with Gasteiger partial charge in [0.1, 0.15) is 0 Å². The fourth-order valence-corrected chi connectivity index (χ4v) is 4.03. The lowest BCUT2D eigenvalue weighted by molar-refractivity contribution is 0.505. The molecule has 2 heteroatoms. The second-order valence-corrected chi connectivity index (χ2v) is 5.40. The molecular formula is C11H15NS. The topological polar surface area (TPSA) is 26.0 Å². The monoisotopic (exact) mass is 193 g/mol. The SMILES string of the molecule is NCC1CC12CCCc1sccc12. The van der Waals surface area contributed by atoms with E-state index in [1.54, 1.807) is 10.4 Å². The number of hydrogen-bond donors (Lipinski definition) is 1. The van der Waals surface area contributed by atoms with Crippen molar-refractivity contribution >= 4 is 11.3 Å². The Morgan fingerprint density at radius 2 is 2.54 bits per heavy atom. The van der Waals surface area contributed by atoms with Gasteiger partial charge in [-0.3, -0.25) is 0 Å². The summed E-state index contributed by atoms with van der Waals surface area (Å²) >= 11 is 1.94. The maximum absolute atomic E-state index is 5.77. The van der Waals surface area contributed by atoms with Crippen molar-refractivity contribution in [3.8, 4) is 0 Å². The highest BCUT2D eigenvalue weighted by atomic mass is 32.1. The molecular weight excluding hydrogens is 178 g/mol. The van der Waals surface area contributed by atoms with Gasteiger partial charge in [0.15, 0.2) is 0 Å². The summed E-state index contributed by atoms with van der Waals surface area (Å²) in [6.07, 6.45) is 5.43. The van der Waals surface area contributed by atoms with Gasteiger partial charge in [-0.15, -0.1) is 11.3 Å². The Morgan fingerprint density at radius 3 is 3.31 bits per heavy atom. The van der Waals surface area contributed by atoms with Gasteiger partial charge in [0.2, 0.25) is 0 Å². The largest absolute Gasteiger partial charge is 0.330 e. The average Bonchev–Trinajstić information content (AvgIpc) is 2.61. The lowest BCUT2D eigenvalue weighted by Crippen LogP contribution is -2.19. The van der Waals surface area contributed by atoms with Gasteiger partial charge < -0.3 is 5.73 Å². The molecule has 0 radical (unpaired) electrons. The van der Waals surface area contributed by atoms with Crippen LogP contribution in [0, 0.1) is 5.92 Å². The Labute approximate surface area is 83.0 Å². The first kappa shape index (κ1) is 8.01. The van der Waals surface area contributed by atoms with E-state index in [0.29, 0.717) is 5.41 Å². The summed E-state index contributed by atoms with van der Waals surface area (Å²) in [5.41, 5.74) is 7.96. The Morgan fingerprint density at radius 1 is 1.62 bits per heavy atom. The van der Waals surface area contributed by atoms with E-state index >= 15 is 0 Å². The van der Waals surface area contributed by atoms with E-state index in [1.165, 1.54) is 25.7 Å². The second-order valence-electron chi connectivity index (χ2n) is 4.40. The van der Waals surface area contributed by atoms with E-state index in [-0.39, 0.29) is 0 Å². The Balaban J connectivity index is 2.02. The van der Waals surface area contributed by atoms with Crippen LogP contribution in [-0.4, -0.2) is 6.54 Å². The van der Waals surface area contributed by atoms with Crippen LogP contribution in [0.25, 0.3) is 0 Å². The number of rotatable bonds is 1. The lowest BCUT2D eigenvalue weighted by atomic mass is 9.83. The molecule has 1 aromatic rings. The fraction of sp³-hybridized carbons (Fsp3) is 0.636. The van der Waals surface area contributed by atoms with Gasteiger partial charge in [-0.25, -0.2) is 0 Å². The fourth-order valence-electron chi connectivity index (χ4n) is 3.00. The predicted octanol–water partition coefficient (Wildman–Crippen LogP) is 2.30. The minimum absolute atomic E-state index is 0.544. The molecule has 2 aliphatic rings. The van der Waals surface area contributed by atoms with E-state index in [0.717, 1.165) is 12.5 Å². The van der Waals surface area contributed by atoms with Crippen LogP contribution < -0.4 is 5.73 Å². The molecule has 1 nitrogen and oxygen atoms in total. The van der Waals surface area contributed by atoms with Crippen LogP contribution in [0.1, 0.15) is 29.7 Å². The maximum Gasteiger partial charge on any atom is 0.00829 e. The standard InChI is InChI=1S/C11H15NS/c12-7-8-6-11(8)4-1-2-10-9(11)3-5-13-10/h3,5,8H,1-2,4,6-7,12H2. The zero-order valence-electron chi connectivity index (χ0n) is 7.75. The summed E-state index contributed by atoms with van der Waals surface area (Å²) < 4.78 is 0. The van der Waals surface area contributed by atoms with Crippen molar-refractivity contribution in [1.29, 1.82) is 0 Å². The summed E-state index contributed by atoms with van der Waals surface area (Å²) in [4.78, 5) is 1.64. The van der Waals surface area contributed by atoms with Crippen molar-refractivity contribution in [1.82, 2.24) is 0 Å². The number of nitrogens with two attached hydrogens (primary N) is 1. The first-order chi connectivity index (χ1) is 6.37. The number of hydrogen-bond acceptors (Lipinski definition) is 2. The van der Waals surface area contributed by atoms with Crippen molar-refractivity contribution in [3.63, 3.8) is 0 Å². The average molecular weight is 193 g/mol. The van der Waals surface area contributed by atoms with Crippen molar-refractivity contribution in [3.05, 3.63) is 21.9 Å². The molecule has 2 aliphatic carbocycles. The molecule has 2 unspecified atom stereocenters. The molecule has 1 saturated carbocycles. The normalized spacial score (nSPS) is 36.2. The molecule has 0 aliphatic heterocycles. The summed E-state index contributed by atoms with van der Waals surface area (Å²) in [7, 11) is 0. The first-order valence-electron chi connectivity index (χ1n) is 5.14. The third-order valence-corrected chi connectivity index (χ3v) is 4.81. The molecule has 2 atom stereocenters. The van der Waals surface area contributed by atoms with Crippen LogP contribution in [0.15, 0.2) is 11.4 Å². The first-order valence-corrected chi connectivity index (χ1v) is 6.02. The van der Waals surface area contributed by atoms with E-state index in [4.69, 9.17) is 5.73 Å². The summed E-state index contributed by atoms with van der Waals surface area (Å²) in [5.74, 6) is 0.793. The highest BCUT2D eigenvalue weighted by molar-refractivity contribution is 7.10. The Bertz CT molecular complexity index is 331. The zero-order chi connectivity index (χ0) is 8.89. The van der Waals surface area contributed by atoms with Crippen molar-refractivity contribution < 1.29 is 0 Å². The van der Waals surface area contributed by atoms with Crippen LogP contribution in [0.4, 0.5) is 0 Å². The van der Waals surface area contributed by atoms with Gasteiger partial charge in [-0.2, -0.15) is 0 Å². The van der Waals surface area contributed by atoms with Crippen molar-refractivity contribution in [2.24, 2.45) is 11.7 Å². The van der Waals surface area contributed by atoms with Crippen LogP contribution in [0.5, 0.6) is 0 Å². The maximum atomic E-state index is 5.77. The van der Waals surface area contributed by atoms with Crippen LogP contribution >= 0.6 is 11.3 Å². The molecule has 0 aromatic carbocycles. The molecule has 0 bridgehead atoms. The van der Waals surface area contributed by atoms with Crippen LogP contribution in [-0.2, 0) is 11.8 Å². The third kappa shape index (κ3) is 0.960. The van der Waals surface area contributed by atoms with E-state index in [1.807, 2.05) is 11.3 Å². The predicted molar refractivity (Wildman–Crippen MR) is 56.1 cm³/mol. The zero-order valence-corrected chi connectivity index (χ0v) is 8.57. The summed E-state index contributed by atoms with van der Waals surface area (Å²) in [6.45, 7) is 0.884. The third-order valence-electron chi connectivity index (χ3n) is 3.83. The molecule has 1 spiro atoms. The minimum Gasteiger partial charge on any atom is -0.330 e. The molecule has 13 heavy (non-hydrogen) atoms. The molecule has 70 valence electrons. The van der Waals surface area contributed by atoms with Crippen LogP contribution in [0.3, 0.4) is 0 Å². The van der Waals surface area contributed by atoms with Gasteiger partial charge in [0, 0.05) is 10.3 Å². The number of thiophene rings is 1. The van der Waals surface area contributed by atoms with Crippen molar-refractivity contribution in [2.45, 2.75) is 31.1 Å². The van der Waals surface area contributed by atoms with Gasteiger partial charge in [-0.1, -0.05) is 0 Å². The van der Waals surface area contributed by atoms with E-state index < -0.39 is 0 Å².